The van der Waals surface area contributed by atoms with E-state index in [0.29, 0.717) is 18.1 Å². The number of hydrogen-bond donors (Lipinski definition) is 1. The number of methoxy groups -OCH3 is 1. The Labute approximate surface area is 220 Å². The second-order valence-electron chi connectivity index (χ2n) is 8.57. The number of carbonyl (C=O) groups is 1. The van der Waals surface area contributed by atoms with Crippen molar-refractivity contribution < 1.29 is 14.3 Å². The maximum absolute atomic E-state index is 12.5. The second-order valence-corrected chi connectivity index (χ2v) is 9.61. The Morgan fingerprint density at radius 2 is 1.76 bits per heavy atom. The third kappa shape index (κ3) is 6.05. The number of hydrogen-bond acceptors (Lipinski definition) is 5. The fourth-order valence-corrected chi connectivity index (χ4v) is 4.92. The first-order valence-corrected chi connectivity index (χ1v) is 12.7. The number of aryl methyl sites for hydroxylation is 1. The number of aromatic nitrogens is 1. The Balaban J connectivity index is 1.20. The lowest BCUT2D eigenvalue weighted by Crippen LogP contribution is -2.07. The average molecular weight is 507 g/mol. The maximum atomic E-state index is 12.5. The zero-order valence-electron chi connectivity index (χ0n) is 20.6. The topological polar surface area (TPSA) is 60.5 Å². The van der Waals surface area contributed by atoms with Crippen molar-refractivity contribution in [2.45, 2.75) is 13.5 Å². The molecule has 0 spiro atoms. The number of benzene rings is 4. The van der Waals surface area contributed by atoms with Crippen molar-refractivity contribution in [2.24, 2.45) is 0 Å². The van der Waals surface area contributed by atoms with E-state index in [4.69, 9.17) is 14.5 Å². The first kappa shape index (κ1) is 24.3. The highest BCUT2D eigenvalue weighted by Crippen LogP contribution is 2.32. The van der Waals surface area contributed by atoms with Crippen molar-refractivity contribution in [2.75, 3.05) is 12.4 Å². The van der Waals surface area contributed by atoms with Gasteiger partial charge >= 0.3 is 0 Å². The Bertz CT molecular complexity index is 1560. The van der Waals surface area contributed by atoms with E-state index >= 15 is 0 Å². The zero-order chi connectivity index (χ0) is 25.6. The minimum Gasteiger partial charge on any atom is -0.493 e. The molecule has 0 aliphatic heterocycles. The molecule has 0 saturated carbocycles. The molecule has 0 aliphatic carbocycles. The lowest BCUT2D eigenvalue weighted by atomic mass is 10.1. The van der Waals surface area contributed by atoms with Crippen molar-refractivity contribution >= 4 is 39.2 Å². The first-order chi connectivity index (χ1) is 18.1. The Morgan fingerprint density at radius 1 is 0.946 bits per heavy atom. The first-order valence-electron chi connectivity index (χ1n) is 11.9. The average Bonchev–Trinajstić information content (AvgIpc) is 3.35. The Hall–Kier alpha value is -4.42. The minimum absolute atomic E-state index is 0.216. The van der Waals surface area contributed by atoms with Gasteiger partial charge in [-0.2, -0.15) is 0 Å². The summed E-state index contributed by atoms with van der Waals surface area (Å²) >= 11 is 1.67. The molecule has 5 nitrogen and oxygen atoms in total. The van der Waals surface area contributed by atoms with Crippen LogP contribution in [-0.4, -0.2) is 18.0 Å². The van der Waals surface area contributed by atoms with Gasteiger partial charge in [0.2, 0.25) is 5.91 Å². The number of fused-ring (bicyclic) bond motifs is 1. The van der Waals surface area contributed by atoms with Gasteiger partial charge in [0, 0.05) is 17.3 Å². The molecule has 0 radical (unpaired) electrons. The van der Waals surface area contributed by atoms with E-state index in [1.807, 2.05) is 78.9 Å². The fourth-order valence-electron chi connectivity index (χ4n) is 3.85. The van der Waals surface area contributed by atoms with Crippen molar-refractivity contribution in [1.82, 2.24) is 4.98 Å². The molecule has 184 valence electrons. The van der Waals surface area contributed by atoms with E-state index in [1.54, 1.807) is 24.5 Å². The molecule has 1 heterocycles. The molecule has 0 unspecified atom stereocenters. The highest BCUT2D eigenvalue weighted by molar-refractivity contribution is 7.21. The van der Waals surface area contributed by atoms with Gasteiger partial charge in [-0.3, -0.25) is 4.79 Å². The van der Waals surface area contributed by atoms with Crippen LogP contribution in [-0.2, 0) is 11.4 Å². The summed E-state index contributed by atoms with van der Waals surface area (Å²) in [4.78, 5) is 17.2. The van der Waals surface area contributed by atoms with Gasteiger partial charge < -0.3 is 14.8 Å². The van der Waals surface area contributed by atoms with Crippen LogP contribution >= 0.6 is 11.3 Å². The van der Waals surface area contributed by atoms with Gasteiger partial charge in [-0.15, -0.1) is 11.3 Å². The molecule has 1 aromatic heterocycles. The monoisotopic (exact) mass is 506 g/mol. The summed E-state index contributed by atoms with van der Waals surface area (Å²) in [6.45, 7) is 2.53. The quantitative estimate of drug-likeness (QED) is 0.221. The summed E-state index contributed by atoms with van der Waals surface area (Å²) in [5, 5.41) is 3.87. The van der Waals surface area contributed by atoms with Crippen LogP contribution in [0.4, 0.5) is 5.69 Å². The number of nitrogens with zero attached hydrogens (tertiary/aromatic N) is 1. The Morgan fingerprint density at radius 3 is 2.54 bits per heavy atom. The largest absolute Gasteiger partial charge is 0.493 e. The third-order valence-corrected chi connectivity index (χ3v) is 6.86. The van der Waals surface area contributed by atoms with Gasteiger partial charge in [-0.05, 0) is 78.2 Å². The van der Waals surface area contributed by atoms with Gasteiger partial charge in [0.05, 0.1) is 17.3 Å². The summed E-state index contributed by atoms with van der Waals surface area (Å²) in [7, 11) is 1.60. The van der Waals surface area contributed by atoms with E-state index < -0.39 is 0 Å². The standard InChI is InChI=1S/C31H26N2O3S/c1-21-8-15-26-29(18-21)37-31(33-26)24-11-13-25(14-12-24)32-30(34)17-10-22-9-16-27(28(19-22)35-2)36-20-23-6-4-3-5-7-23/h3-19H,20H2,1-2H3,(H,32,34)/b17-10+. The molecule has 5 rings (SSSR count). The van der Waals surface area contributed by atoms with Crippen LogP contribution in [0.5, 0.6) is 11.5 Å². The van der Waals surface area contributed by atoms with Crippen molar-refractivity contribution in [3.8, 4) is 22.1 Å². The molecule has 0 fully saturated rings. The molecule has 1 amide bonds. The van der Waals surface area contributed by atoms with E-state index in [0.717, 1.165) is 32.9 Å². The number of carbonyl (C=O) groups excluding carboxylic acids is 1. The highest BCUT2D eigenvalue weighted by atomic mass is 32.1. The number of thiazole rings is 1. The zero-order valence-corrected chi connectivity index (χ0v) is 21.4. The second kappa shape index (κ2) is 11.1. The van der Waals surface area contributed by atoms with Crippen LogP contribution in [0.15, 0.2) is 97.1 Å². The normalized spacial score (nSPS) is 11.1. The van der Waals surface area contributed by atoms with Crippen molar-refractivity contribution in [1.29, 1.82) is 0 Å². The van der Waals surface area contributed by atoms with Gasteiger partial charge in [0.15, 0.2) is 11.5 Å². The maximum Gasteiger partial charge on any atom is 0.248 e. The summed E-state index contributed by atoms with van der Waals surface area (Å²) in [5.41, 5.74) is 5.88. The Kier molecular flexibility index (Phi) is 7.28. The molecule has 0 saturated heterocycles. The third-order valence-electron chi connectivity index (χ3n) is 5.80. The number of ether oxygens (including phenoxy) is 2. The van der Waals surface area contributed by atoms with Crippen LogP contribution < -0.4 is 14.8 Å². The summed E-state index contributed by atoms with van der Waals surface area (Å²) in [6, 6.07) is 29.5. The van der Waals surface area contributed by atoms with Crippen molar-refractivity contribution in [3.63, 3.8) is 0 Å². The summed E-state index contributed by atoms with van der Waals surface area (Å²) < 4.78 is 12.6. The van der Waals surface area contributed by atoms with Crippen LogP contribution in [0.3, 0.4) is 0 Å². The lowest BCUT2D eigenvalue weighted by Gasteiger charge is -2.11. The molecule has 0 atom stereocenters. The SMILES string of the molecule is COc1cc(/C=C/C(=O)Nc2ccc(-c3nc4ccc(C)cc4s3)cc2)ccc1OCc1ccccc1. The predicted octanol–water partition coefficient (Wildman–Crippen LogP) is 7.51. The van der Waals surface area contributed by atoms with E-state index in [1.165, 1.54) is 16.3 Å². The van der Waals surface area contributed by atoms with Gasteiger partial charge in [-0.25, -0.2) is 4.98 Å². The summed E-state index contributed by atoms with van der Waals surface area (Å²) in [5.74, 6) is 1.04. The highest BCUT2D eigenvalue weighted by Gasteiger charge is 2.08. The van der Waals surface area contributed by atoms with E-state index in [2.05, 4.69) is 24.4 Å². The molecular weight excluding hydrogens is 480 g/mol. The molecule has 5 aromatic rings. The van der Waals surface area contributed by atoms with Crippen LogP contribution in [0.25, 0.3) is 26.9 Å². The lowest BCUT2D eigenvalue weighted by molar-refractivity contribution is -0.111. The number of rotatable bonds is 8. The van der Waals surface area contributed by atoms with Crippen LogP contribution in [0.2, 0.25) is 0 Å². The van der Waals surface area contributed by atoms with Crippen LogP contribution in [0.1, 0.15) is 16.7 Å². The number of amides is 1. The minimum atomic E-state index is -0.216. The summed E-state index contributed by atoms with van der Waals surface area (Å²) in [6.07, 6.45) is 3.25. The van der Waals surface area contributed by atoms with E-state index in [9.17, 15) is 4.79 Å². The van der Waals surface area contributed by atoms with Crippen LogP contribution in [0, 0.1) is 6.92 Å². The van der Waals surface area contributed by atoms with Gasteiger partial charge in [-0.1, -0.05) is 42.5 Å². The van der Waals surface area contributed by atoms with Gasteiger partial charge in [0.25, 0.3) is 0 Å². The molecule has 6 heteroatoms. The molecule has 1 N–H and O–H groups in total. The molecule has 4 aromatic carbocycles. The van der Waals surface area contributed by atoms with Crippen molar-refractivity contribution in [3.05, 3.63) is 114 Å². The van der Waals surface area contributed by atoms with E-state index in [-0.39, 0.29) is 5.91 Å². The molecule has 0 bridgehead atoms. The fraction of sp³-hybridized carbons (Fsp3) is 0.0968. The molecular formula is C31H26N2O3S. The molecule has 37 heavy (non-hydrogen) atoms. The smallest absolute Gasteiger partial charge is 0.248 e. The predicted molar refractivity (Wildman–Crippen MR) is 151 cm³/mol. The number of nitrogens with one attached hydrogen (secondary N) is 1. The number of anilines is 1. The molecule has 0 aliphatic rings. The van der Waals surface area contributed by atoms with Gasteiger partial charge in [0.1, 0.15) is 11.6 Å².